The Hall–Kier alpha value is -2.67. The summed E-state index contributed by atoms with van der Waals surface area (Å²) in [7, 11) is 0. The van der Waals surface area contributed by atoms with Crippen molar-refractivity contribution in [3.63, 3.8) is 0 Å². The molecular weight excluding hydrogens is 418 g/mol. The SMILES string of the molecule is CC(C)CC(=O)N(CC(C)C)NC(=O)[C@H](CC(C)C)[C@H](CC=Cc1ccccc1)C(=O)NO. The molecule has 0 fully saturated rings. The van der Waals surface area contributed by atoms with E-state index in [-0.39, 0.29) is 36.0 Å². The molecule has 1 rings (SSSR count). The Morgan fingerprint density at radius 1 is 0.909 bits per heavy atom. The van der Waals surface area contributed by atoms with E-state index in [4.69, 9.17) is 0 Å². The molecule has 2 atom stereocenters. The van der Waals surface area contributed by atoms with Crippen molar-refractivity contribution in [2.75, 3.05) is 6.54 Å². The lowest BCUT2D eigenvalue weighted by Crippen LogP contribution is -2.52. The third kappa shape index (κ3) is 10.7. The van der Waals surface area contributed by atoms with Crippen LogP contribution in [0, 0.1) is 29.6 Å². The average molecular weight is 460 g/mol. The molecule has 7 heteroatoms. The summed E-state index contributed by atoms with van der Waals surface area (Å²) in [6.45, 7) is 12.2. The summed E-state index contributed by atoms with van der Waals surface area (Å²) >= 11 is 0. The second-order valence-electron chi connectivity index (χ2n) is 9.84. The smallest absolute Gasteiger partial charge is 0.247 e. The summed E-state index contributed by atoms with van der Waals surface area (Å²) in [5.74, 6) is -2.18. The Morgan fingerprint density at radius 2 is 1.55 bits per heavy atom. The van der Waals surface area contributed by atoms with Gasteiger partial charge in [-0.25, -0.2) is 5.48 Å². The summed E-state index contributed by atoms with van der Waals surface area (Å²) in [6, 6.07) is 9.65. The fraction of sp³-hybridized carbons (Fsp3) is 0.577. The van der Waals surface area contributed by atoms with Gasteiger partial charge in [-0.3, -0.25) is 30.0 Å². The minimum Gasteiger partial charge on any atom is -0.289 e. The first-order chi connectivity index (χ1) is 15.5. The molecular formula is C26H41N3O4. The molecule has 0 bridgehead atoms. The first-order valence-corrected chi connectivity index (χ1v) is 11.8. The molecule has 7 nitrogen and oxygen atoms in total. The van der Waals surface area contributed by atoms with Gasteiger partial charge < -0.3 is 0 Å². The maximum Gasteiger partial charge on any atom is 0.247 e. The molecule has 184 valence electrons. The number of hydrazine groups is 1. The number of nitrogens with one attached hydrogen (secondary N) is 2. The number of amides is 3. The van der Waals surface area contributed by atoms with Crippen molar-refractivity contribution in [3.05, 3.63) is 42.0 Å². The molecule has 0 spiro atoms. The van der Waals surface area contributed by atoms with Crippen molar-refractivity contribution in [2.45, 2.75) is 60.8 Å². The molecule has 1 aromatic carbocycles. The van der Waals surface area contributed by atoms with Gasteiger partial charge in [0.05, 0.1) is 11.8 Å². The van der Waals surface area contributed by atoms with Gasteiger partial charge in [-0.2, -0.15) is 0 Å². The van der Waals surface area contributed by atoms with Crippen LogP contribution < -0.4 is 10.9 Å². The van der Waals surface area contributed by atoms with E-state index in [0.717, 1.165) is 5.56 Å². The molecule has 0 aliphatic heterocycles. The van der Waals surface area contributed by atoms with Crippen LogP contribution in [0.5, 0.6) is 0 Å². The second kappa shape index (κ2) is 14.5. The molecule has 3 N–H and O–H groups in total. The number of hydrogen-bond acceptors (Lipinski definition) is 4. The van der Waals surface area contributed by atoms with Crippen LogP contribution in [0.3, 0.4) is 0 Å². The van der Waals surface area contributed by atoms with Gasteiger partial charge in [0.15, 0.2) is 0 Å². The highest BCUT2D eigenvalue weighted by molar-refractivity contribution is 5.89. The summed E-state index contributed by atoms with van der Waals surface area (Å²) in [5.41, 5.74) is 5.49. The Bertz CT molecular complexity index is 775. The minimum absolute atomic E-state index is 0.137. The van der Waals surface area contributed by atoms with Crippen LogP contribution in [0.4, 0.5) is 0 Å². The fourth-order valence-electron chi connectivity index (χ4n) is 3.66. The Balaban J connectivity index is 3.12. The van der Waals surface area contributed by atoms with E-state index < -0.39 is 17.7 Å². The van der Waals surface area contributed by atoms with Gasteiger partial charge in [-0.15, -0.1) is 0 Å². The number of rotatable bonds is 12. The molecule has 33 heavy (non-hydrogen) atoms. The van der Waals surface area contributed by atoms with Gasteiger partial charge in [0, 0.05) is 13.0 Å². The zero-order valence-corrected chi connectivity index (χ0v) is 20.9. The van der Waals surface area contributed by atoms with E-state index in [0.29, 0.717) is 19.4 Å². The van der Waals surface area contributed by atoms with E-state index in [1.165, 1.54) is 5.01 Å². The average Bonchev–Trinajstić information content (AvgIpc) is 2.74. The van der Waals surface area contributed by atoms with Crippen LogP contribution in [-0.2, 0) is 14.4 Å². The Kier molecular flexibility index (Phi) is 12.4. The van der Waals surface area contributed by atoms with Gasteiger partial charge in [0.2, 0.25) is 17.7 Å². The van der Waals surface area contributed by atoms with E-state index in [9.17, 15) is 19.6 Å². The molecule has 0 aromatic heterocycles. The van der Waals surface area contributed by atoms with Crippen molar-refractivity contribution in [1.29, 1.82) is 0 Å². The molecule has 0 aliphatic carbocycles. The normalized spacial score (nSPS) is 13.4. The summed E-state index contributed by atoms with van der Waals surface area (Å²) in [5, 5.41) is 10.7. The van der Waals surface area contributed by atoms with Gasteiger partial charge >= 0.3 is 0 Å². The molecule has 0 saturated carbocycles. The lowest BCUT2D eigenvalue weighted by molar-refractivity contribution is -0.148. The van der Waals surface area contributed by atoms with Crippen LogP contribution in [0.2, 0.25) is 0 Å². The fourth-order valence-corrected chi connectivity index (χ4v) is 3.66. The third-order valence-corrected chi connectivity index (χ3v) is 5.17. The second-order valence-corrected chi connectivity index (χ2v) is 9.84. The molecule has 0 aliphatic rings. The molecule has 0 radical (unpaired) electrons. The molecule has 0 unspecified atom stereocenters. The van der Waals surface area contributed by atoms with Crippen LogP contribution in [0.25, 0.3) is 6.08 Å². The highest BCUT2D eigenvalue weighted by atomic mass is 16.5. The largest absolute Gasteiger partial charge is 0.289 e. The number of benzene rings is 1. The summed E-state index contributed by atoms with van der Waals surface area (Å²) in [4.78, 5) is 38.7. The van der Waals surface area contributed by atoms with Crippen molar-refractivity contribution in [2.24, 2.45) is 29.6 Å². The van der Waals surface area contributed by atoms with Crippen molar-refractivity contribution in [1.82, 2.24) is 15.9 Å². The Labute approximate surface area is 198 Å². The van der Waals surface area contributed by atoms with Crippen LogP contribution >= 0.6 is 0 Å². The van der Waals surface area contributed by atoms with Gasteiger partial charge in [0.25, 0.3) is 0 Å². The number of carbonyl (C=O) groups is 3. The number of hydrogen-bond donors (Lipinski definition) is 3. The van der Waals surface area contributed by atoms with E-state index in [2.05, 4.69) is 5.43 Å². The number of allylic oxidation sites excluding steroid dienone is 1. The van der Waals surface area contributed by atoms with Crippen molar-refractivity contribution >= 4 is 23.8 Å². The predicted octanol–water partition coefficient (Wildman–Crippen LogP) is 4.44. The van der Waals surface area contributed by atoms with E-state index in [1.54, 1.807) is 5.48 Å². The molecule has 1 aromatic rings. The standard InChI is InChI=1S/C26H41N3O4/c1-18(2)15-23(25(31)27-29(17-20(5)6)24(30)16-19(3)4)22(26(32)28-33)14-10-13-21-11-8-7-9-12-21/h7-13,18-20,22-23,33H,14-17H2,1-6H3,(H,27,31)(H,28,32)/t22-,23+/m0/s1. The first kappa shape index (κ1) is 28.4. The first-order valence-electron chi connectivity index (χ1n) is 11.8. The van der Waals surface area contributed by atoms with Crippen LogP contribution in [0.15, 0.2) is 36.4 Å². The van der Waals surface area contributed by atoms with Crippen LogP contribution in [-0.4, -0.2) is 34.5 Å². The van der Waals surface area contributed by atoms with E-state index >= 15 is 0 Å². The summed E-state index contributed by atoms with van der Waals surface area (Å²) < 4.78 is 0. The minimum atomic E-state index is -0.779. The number of carbonyl (C=O) groups excluding carboxylic acids is 3. The van der Waals surface area contributed by atoms with Gasteiger partial charge in [-0.1, -0.05) is 84.0 Å². The lowest BCUT2D eigenvalue weighted by Gasteiger charge is -2.31. The highest BCUT2D eigenvalue weighted by Gasteiger charge is 2.35. The number of nitrogens with zero attached hydrogens (tertiary/aromatic N) is 1. The van der Waals surface area contributed by atoms with Gasteiger partial charge in [0.1, 0.15) is 0 Å². The monoisotopic (exact) mass is 459 g/mol. The molecule has 0 saturated heterocycles. The van der Waals surface area contributed by atoms with Crippen molar-refractivity contribution in [3.8, 4) is 0 Å². The molecule has 0 heterocycles. The predicted molar refractivity (Wildman–Crippen MR) is 131 cm³/mol. The molecule has 3 amide bonds. The Morgan fingerprint density at radius 3 is 2.06 bits per heavy atom. The zero-order chi connectivity index (χ0) is 25.0. The number of hydroxylamine groups is 1. The maximum atomic E-state index is 13.4. The quantitative estimate of drug-likeness (QED) is 0.318. The lowest BCUT2D eigenvalue weighted by atomic mass is 9.82. The maximum absolute atomic E-state index is 13.4. The third-order valence-electron chi connectivity index (χ3n) is 5.17. The topological polar surface area (TPSA) is 98.7 Å². The zero-order valence-electron chi connectivity index (χ0n) is 20.9. The van der Waals surface area contributed by atoms with E-state index in [1.807, 2.05) is 84.0 Å². The van der Waals surface area contributed by atoms with Gasteiger partial charge in [-0.05, 0) is 36.2 Å². The summed E-state index contributed by atoms with van der Waals surface area (Å²) in [6.07, 6.45) is 4.76. The van der Waals surface area contributed by atoms with Crippen molar-refractivity contribution < 1.29 is 19.6 Å². The highest BCUT2D eigenvalue weighted by Crippen LogP contribution is 2.26. The van der Waals surface area contributed by atoms with Crippen LogP contribution in [0.1, 0.15) is 66.4 Å².